The number of amides is 1. The van der Waals surface area contributed by atoms with Gasteiger partial charge in [-0.25, -0.2) is 0 Å². The van der Waals surface area contributed by atoms with E-state index in [4.69, 9.17) is 0 Å². The SMILES string of the molecule is Cc1cc([C@@H]2Nc3ccccc3C(=O)N2C2CC2)c(C)[nH]1. The van der Waals surface area contributed by atoms with E-state index in [9.17, 15) is 4.79 Å². The van der Waals surface area contributed by atoms with Gasteiger partial charge in [0.15, 0.2) is 0 Å². The largest absolute Gasteiger partial charge is 0.362 e. The number of carbonyl (C=O) groups excluding carboxylic acids is 1. The molecule has 21 heavy (non-hydrogen) atoms. The van der Waals surface area contributed by atoms with Crippen molar-refractivity contribution in [1.29, 1.82) is 0 Å². The Balaban J connectivity index is 1.82. The molecule has 0 spiro atoms. The first kappa shape index (κ1) is 12.5. The molecule has 1 aliphatic carbocycles. The van der Waals surface area contributed by atoms with Crippen molar-refractivity contribution in [3.05, 3.63) is 52.8 Å². The highest BCUT2D eigenvalue weighted by molar-refractivity contribution is 6.02. The Bertz CT molecular complexity index is 715. The number of hydrogen-bond acceptors (Lipinski definition) is 2. The summed E-state index contributed by atoms with van der Waals surface area (Å²) in [5.74, 6) is 0.148. The summed E-state index contributed by atoms with van der Waals surface area (Å²) in [6.07, 6.45) is 2.15. The minimum Gasteiger partial charge on any atom is -0.362 e. The number of aryl methyl sites for hydroxylation is 2. The smallest absolute Gasteiger partial charge is 0.258 e. The molecule has 1 aromatic heterocycles. The van der Waals surface area contributed by atoms with E-state index in [1.165, 1.54) is 5.56 Å². The van der Waals surface area contributed by atoms with Crippen molar-refractivity contribution in [1.82, 2.24) is 9.88 Å². The third kappa shape index (κ3) is 1.94. The van der Waals surface area contributed by atoms with Crippen molar-refractivity contribution in [3.8, 4) is 0 Å². The zero-order valence-corrected chi connectivity index (χ0v) is 12.3. The van der Waals surface area contributed by atoms with E-state index in [1.54, 1.807) is 0 Å². The van der Waals surface area contributed by atoms with E-state index in [2.05, 4.69) is 30.2 Å². The van der Waals surface area contributed by atoms with Gasteiger partial charge in [-0.1, -0.05) is 12.1 Å². The Hall–Kier alpha value is -2.23. The van der Waals surface area contributed by atoms with Crippen molar-refractivity contribution in [2.24, 2.45) is 0 Å². The molecule has 2 heterocycles. The third-order valence-electron chi connectivity index (χ3n) is 4.39. The Morgan fingerprint density at radius 1 is 1.19 bits per heavy atom. The van der Waals surface area contributed by atoms with E-state index in [-0.39, 0.29) is 12.1 Å². The molecule has 4 rings (SSSR count). The molecule has 1 aromatic carbocycles. The second kappa shape index (κ2) is 4.38. The number of aromatic nitrogens is 1. The summed E-state index contributed by atoms with van der Waals surface area (Å²) < 4.78 is 0. The van der Waals surface area contributed by atoms with Crippen LogP contribution in [-0.4, -0.2) is 21.8 Å². The Morgan fingerprint density at radius 3 is 2.62 bits per heavy atom. The predicted octanol–water partition coefficient (Wildman–Crippen LogP) is 3.36. The van der Waals surface area contributed by atoms with Gasteiger partial charge in [-0.15, -0.1) is 0 Å². The Morgan fingerprint density at radius 2 is 1.95 bits per heavy atom. The molecule has 0 saturated heterocycles. The maximum Gasteiger partial charge on any atom is 0.258 e. The van der Waals surface area contributed by atoms with Crippen LogP contribution < -0.4 is 5.32 Å². The topological polar surface area (TPSA) is 48.1 Å². The monoisotopic (exact) mass is 281 g/mol. The molecule has 1 amide bonds. The normalized spacial score (nSPS) is 21.1. The molecule has 0 radical (unpaired) electrons. The van der Waals surface area contributed by atoms with Crippen LogP contribution >= 0.6 is 0 Å². The molecular weight excluding hydrogens is 262 g/mol. The molecule has 1 saturated carbocycles. The van der Waals surface area contributed by atoms with Gasteiger partial charge < -0.3 is 15.2 Å². The van der Waals surface area contributed by atoms with E-state index in [1.807, 2.05) is 29.2 Å². The molecule has 0 bridgehead atoms. The van der Waals surface area contributed by atoms with Crippen LogP contribution in [0.1, 0.15) is 46.3 Å². The number of anilines is 1. The summed E-state index contributed by atoms with van der Waals surface area (Å²) in [6.45, 7) is 4.12. The quantitative estimate of drug-likeness (QED) is 0.886. The minimum atomic E-state index is -0.0650. The second-order valence-corrected chi connectivity index (χ2v) is 6.07. The number of H-pyrrole nitrogens is 1. The number of aromatic amines is 1. The molecular formula is C17H19N3O. The number of para-hydroxylation sites is 1. The maximum absolute atomic E-state index is 12.9. The molecule has 2 N–H and O–H groups in total. The summed E-state index contributed by atoms with van der Waals surface area (Å²) in [6, 6.07) is 10.3. The van der Waals surface area contributed by atoms with Crippen LogP contribution in [0.15, 0.2) is 30.3 Å². The molecule has 108 valence electrons. The summed E-state index contributed by atoms with van der Waals surface area (Å²) >= 11 is 0. The highest BCUT2D eigenvalue weighted by atomic mass is 16.2. The van der Waals surface area contributed by atoms with Crippen molar-refractivity contribution in [2.45, 2.75) is 38.9 Å². The van der Waals surface area contributed by atoms with Gasteiger partial charge in [-0.05, 0) is 44.9 Å². The summed E-state index contributed by atoms with van der Waals surface area (Å²) in [5.41, 5.74) is 5.14. The minimum absolute atomic E-state index is 0.0650. The molecule has 2 aliphatic rings. The van der Waals surface area contributed by atoms with Gasteiger partial charge in [0.05, 0.1) is 5.56 Å². The maximum atomic E-state index is 12.9. The van der Waals surface area contributed by atoms with Gasteiger partial charge in [0, 0.05) is 28.7 Å². The number of carbonyl (C=O) groups is 1. The fourth-order valence-electron chi connectivity index (χ4n) is 3.26. The van der Waals surface area contributed by atoms with E-state index in [0.29, 0.717) is 6.04 Å². The number of nitrogens with one attached hydrogen (secondary N) is 2. The molecule has 1 aliphatic heterocycles. The van der Waals surface area contributed by atoms with Crippen molar-refractivity contribution >= 4 is 11.6 Å². The van der Waals surface area contributed by atoms with Crippen LogP contribution in [0.2, 0.25) is 0 Å². The van der Waals surface area contributed by atoms with Gasteiger partial charge >= 0.3 is 0 Å². The highest BCUT2D eigenvalue weighted by Crippen LogP contribution is 2.41. The number of hydrogen-bond donors (Lipinski definition) is 2. The van der Waals surface area contributed by atoms with Crippen LogP contribution in [0.4, 0.5) is 5.69 Å². The third-order valence-corrected chi connectivity index (χ3v) is 4.39. The summed E-state index contributed by atoms with van der Waals surface area (Å²) in [7, 11) is 0. The van der Waals surface area contributed by atoms with Crippen LogP contribution in [0.25, 0.3) is 0 Å². The molecule has 4 nitrogen and oxygen atoms in total. The lowest BCUT2D eigenvalue weighted by Gasteiger charge is -2.38. The molecule has 2 aromatic rings. The number of benzene rings is 1. The molecule has 1 fully saturated rings. The zero-order chi connectivity index (χ0) is 14.6. The molecule has 0 unspecified atom stereocenters. The van der Waals surface area contributed by atoms with E-state index < -0.39 is 0 Å². The average Bonchev–Trinajstić information content (AvgIpc) is 3.23. The van der Waals surface area contributed by atoms with Gasteiger partial charge in [0.25, 0.3) is 5.91 Å². The number of rotatable bonds is 2. The molecule has 4 heteroatoms. The van der Waals surface area contributed by atoms with Crippen molar-refractivity contribution in [2.75, 3.05) is 5.32 Å². The first-order valence-corrected chi connectivity index (χ1v) is 7.49. The first-order chi connectivity index (χ1) is 10.1. The lowest BCUT2D eigenvalue weighted by molar-refractivity contribution is 0.0666. The highest BCUT2D eigenvalue weighted by Gasteiger charge is 2.42. The average molecular weight is 281 g/mol. The number of fused-ring (bicyclic) bond motifs is 1. The van der Waals surface area contributed by atoms with Crippen molar-refractivity contribution in [3.63, 3.8) is 0 Å². The van der Waals surface area contributed by atoms with Crippen LogP contribution in [0.3, 0.4) is 0 Å². The lowest BCUT2D eigenvalue weighted by Crippen LogP contribution is -2.44. The fourth-order valence-corrected chi connectivity index (χ4v) is 3.26. The van der Waals surface area contributed by atoms with E-state index in [0.717, 1.165) is 35.5 Å². The van der Waals surface area contributed by atoms with Crippen LogP contribution in [0, 0.1) is 13.8 Å². The summed E-state index contributed by atoms with van der Waals surface area (Å²) in [5, 5.41) is 3.55. The fraction of sp³-hybridized carbons (Fsp3) is 0.353. The van der Waals surface area contributed by atoms with Crippen LogP contribution in [0.5, 0.6) is 0 Å². The molecule has 1 atom stereocenters. The van der Waals surface area contributed by atoms with Gasteiger partial charge in [-0.3, -0.25) is 4.79 Å². The predicted molar refractivity (Wildman–Crippen MR) is 82.3 cm³/mol. The van der Waals surface area contributed by atoms with Crippen molar-refractivity contribution < 1.29 is 4.79 Å². The Kier molecular flexibility index (Phi) is 2.61. The standard InChI is InChI=1S/C17H19N3O/c1-10-9-14(11(2)18-10)16-19-15-6-4-3-5-13(15)17(21)20(16)12-7-8-12/h3-6,9,12,16,18-19H,7-8H2,1-2H3/t16-/m1/s1. The second-order valence-electron chi connectivity index (χ2n) is 6.07. The number of nitrogens with zero attached hydrogens (tertiary/aromatic N) is 1. The Labute approximate surface area is 124 Å². The van der Waals surface area contributed by atoms with E-state index >= 15 is 0 Å². The zero-order valence-electron chi connectivity index (χ0n) is 12.3. The lowest BCUT2D eigenvalue weighted by atomic mass is 10.0. The van der Waals surface area contributed by atoms with Crippen LogP contribution in [-0.2, 0) is 0 Å². The van der Waals surface area contributed by atoms with Gasteiger partial charge in [-0.2, -0.15) is 0 Å². The first-order valence-electron chi connectivity index (χ1n) is 7.49. The van der Waals surface area contributed by atoms with Gasteiger partial charge in [0.2, 0.25) is 0 Å². The summed E-state index contributed by atoms with van der Waals surface area (Å²) in [4.78, 5) is 18.2. The van der Waals surface area contributed by atoms with Gasteiger partial charge in [0.1, 0.15) is 6.17 Å².